The van der Waals surface area contributed by atoms with Crippen molar-refractivity contribution in [2.24, 2.45) is 0 Å². The second-order valence-corrected chi connectivity index (χ2v) is 4.32. The number of rotatable bonds is 2. The van der Waals surface area contributed by atoms with Crippen LogP contribution in [0.25, 0.3) is 0 Å². The maximum Gasteiger partial charge on any atom is 0.231 e. The maximum absolute atomic E-state index is 5.81. The van der Waals surface area contributed by atoms with Crippen LogP contribution in [0.4, 0.5) is 0 Å². The van der Waals surface area contributed by atoms with Crippen molar-refractivity contribution >= 4 is 0 Å². The van der Waals surface area contributed by atoms with Gasteiger partial charge >= 0.3 is 0 Å². The van der Waals surface area contributed by atoms with E-state index in [9.17, 15) is 0 Å². The molecule has 1 saturated heterocycles. The van der Waals surface area contributed by atoms with Crippen molar-refractivity contribution in [2.45, 2.75) is 19.4 Å². The van der Waals surface area contributed by atoms with E-state index in [0.29, 0.717) is 6.79 Å². The number of hydrogen-bond acceptors (Lipinski definition) is 4. The first-order valence-electron chi connectivity index (χ1n) is 6.13. The quantitative estimate of drug-likeness (QED) is 0.846. The molecule has 0 spiro atoms. The average molecular weight is 235 g/mol. The lowest BCUT2D eigenvalue weighted by molar-refractivity contribution is 0.0271. The number of benzene rings is 1. The molecule has 0 amide bonds. The highest BCUT2D eigenvalue weighted by Gasteiger charge is 2.23. The summed E-state index contributed by atoms with van der Waals surface area (Å²) in [7, 11) is 0. The van der Waals surface area contributed by atoms with Crippen molar-refractivity contribution < 1.29 is 14.2 Å². The normalized spacial score (nSPS) is 22.8. The molecule has 17 heavy (non-hydrogen) atoms. The number of fused-ring (bicyclic) bond motifs is 1. The minimum atomic E-state index is 0.133. The van der Waals surface area contributed by atoms with Crippen molar-refractivity contribution in [3.05, 3.63) is 23.3 Å². The van der Waals surface area contributed by atoms with Crippen molar-refractivity contribution in [1.82, 2.24) is 5.32 Å². The van der Waals surface area contributed by atoms with E-state index >= 15 is 0 Å². The largest absolute Gasteiger partial charge is 0.454 e. The summed E-state index contributed by atoms with van der Waals surface area (Å²) < 4.78 is 16.6. The predicted molar refractivity (Wildman–Crippen MR) is 63.5 cm³/mol. The van der Waals surface area contributed by atoms with Gasteiger partial charge in [-0.2, -0.15) is 0 Å². The van der Waals surface area contributed by atoms with E-state index in [1.54, 1.807) is 0 Å². The zero-order valence-electron chi connectivity index (χ0n) is 9.99. The van der Waals surface area contributed by atoms with Gasteiger partial charge in [0.25, 0.3) is 0 Å². The minimum absolute atomic E-state index is 0.133. The van der Waals surface area contributed by atoms with Gasteiger partial charge < -0.3 is 19.5 Å². The van der Waals surface area contributed by atoms with E-state index in [2.05, 4.69) is 24.4 Å². The fourth-order valence-electron chi connectivity index (χ4n) is 2.37. The van der Waals surface area contributed by atoms with Crippen LogP contribution in [0.5, 0.6) is 11.5 Å². The number of ether oxygens (including phenoxy) is 3. The Kier molecular flexibility index (Phi) is 2.91. The van der Waals surface area contributed by atoms with Crippen LogP contribution in [0.2, 0.25) is 0 Å². The molecule has 1 unspecified atom stereocenters. The first-order chi connectivity index (χ1) is 8.38. The predicted octanol–water partition coefficient (Wildman–Crippen LogP) is 1.64. The van der Waals surface area contributed by atoms with E-state index in [1.165, 1.54) is 11.1 Å². The molecule has 2 heterocycles. The molecule has 0 saturated carbocycles. The van der Waals surface area contributed by atoms with E-state index < -0.39 is 0 Å². The van der Waals surface area contributed by atoms with Gasteiger partial charge in [0.15, 0.2) is 11.5 Å². The summed E-state index contributed by atoms with van der Waals surface area (Å²) in [6.07, 6.45) is 1.11. The Bertz CT molecular complexity index is 413. The molecule has 1 aromatic rings. The van der Waals surface area contributed by atoms with E-state index in [0.717, 1.165) is 37.6 Å². The van der Waals surface area contributed by atoms with Gasteiger partial charge in [-0.05, 0) is 29.7 Å². The third-order valence-electron chi connectivity index (χ3n) is 3.29. The van der Waals surface area contributed by atoms with E-state index in [1.807, 2.05) is 0 Å². The zero-order valence-corrected chi connectivity index (χ0v) is 9.99. The number of morpholine rings is 1. The summed E-state index contributed by atoms with van der Waals surface area (Å²) in [5.41, 5.74) is 2.51. The SMILES string of the molecule is CCc1cc2c(cc1C1CNCCO1)OCO2. The molecule has 2 aliphatic rings. The molecular formula is C13H17NO3. The monoisotopic (exact) mass is 235 g/mol. The Morgan fingerprint density at radius 2 is 2.12 bits per heavy atom. The molecule has 1 aromatic carbocycles. The lowest BCUT2D eigenvalue weighted by Crippen LogP contribution is -2.33. The Balaban J connectivity index is 1.96. The van der Waals surface area contributed by atoms with Crippen LogP contribution >= 0.6 is 0 Å². The third-order valence-corrected chi connectivity index (χ3v) is 3.29. The molecule has 0 aromatic heterocycles. The van der Waals surface area contributed by atoms with Gasteiger partial charge in [-0.15, -0.1) is 0 Å². The minimum Gasteiger partial charge on any atom is -0.454 e. The highest BCUT2D eigenvalue weighted by Crippen LogP contribution is 2.37. The molecule has 2 aliphatic heterocycles. The maximum atomic E-state index is 5.81. The fourth-order valence-corrected chi connectivity index (χ4v) is 2.37. The standard InChI is InChI=1S/C13H17NO3/c1-2-9-5-11-12(17-8-16-11)6-10(9)13-7-14-3-4-15-13/h5-6,13-14H,2-4,7-8H2,1H3. The van der Waals surface area contributed by atoms with Crippen LogP contribution in [-0.4, -0.2) is 26.5 Å². The van der Waals surface area contributed by atoms with Crippen LogP contribution < -0.4 is 14.8 Å². The molecule has 1 fully saturated rings. The van der Waals surface area contributed by atoms with Crippen LogP contribution in [0, 0.1) is 0 Å². The van der Waals surface area contributed by atoms with Crippen LogP contribution in [0.15, 0.2) is 12.1 Å². The van der Waals surface area contributed by atoms with Crippen molar-refractivity contribution in [1.29, 1.82) is 0 Å². The van der Waals surface area contributed by atoms with Gasteiger partial charge in [-0.1, -0.05) is 6.92 Å². The van der Waals surface area contributed by atoms with Crippen LogP contribution in [0.1, 0.15) is 24.2 Å². The Morgan fingerprint density at radius 1 is 1.29 bits per heavy atom. The molecule has 0 radical (unpaired) electrons. The van der Waals surface area contributed by atoms with Gasteiger partial charge in [-0.3, -0.25) is 0 Å². The van der Waals surface area contributed by atoms with Gasteiger partial charge in [0, 0.05) is 13.1 Å². The Morgan fingerprint density at radius 3 is 2.82 bits per heavy atom. The van der Waals surface area contributed by atoms with Crippen molar-refractivity contribution in [3.8, 4) is 11.5 Å². The smallest absolute Gasteiger partial charge is 0.231 e. The molecule has 0 bridgehead atoms. The summed E-state index contributed by atoms with van der Waals surface area (Å²) in [6, 6.07) is 4.15. The lowest BCUT2D eigenvalue weighted by atomic mass is 9.98. The molecule has 1 atom stereocenters. The molecule has 4 nitrogen and oxygen atoms in total. The van der Waals surface area contributed by atoms with Crippen molar-refractivity contribution in [3.63, 3.8) is 0 Å². The van der Waals surface area contributed by atoms with Gasteiger partial charge in [0.1, 0.15) is 0 Å². The number of nitrogens with one attached hydrogen (secondary N) is 1. The summed E-state index contributed by atoms with van der Waals surface area (Å²) in [5, 5.41) is 3.36. The Hall–Kier alpha value is -1.26. The van der Waals surface area contributed by atoms with E-state index in [4.69, 9.17) is 14.2 Å². The highest BCUT2D eigenvalue weighted by molar-refractivity contribution is 5.49. The fraction of sp³-hybridized carbons (Fsp3) is 0.538. The molecule has 4 heteroatoms. The highest BCUT2D eigenvalue weighted by atomic mass is 16.7. The van der Waals surface area contributed by atoms with Gasteiger partial charge in [0.05, 0.1) is 12.7 Å². The average Bonchev–Trinajstić information content (AvgIpc) is 2.85. The number of hydrogen-bond donors (Lipinski definition) is 1. The summed E-state index contributed by atoms with van der Waals surface area (Å²) in [5.74, 6) is 1.70. The Labute approximate surface area is 101 Å². The lowest BCUT2D eigenvalue weighted by Gasteiger charge is -2.26. The molecule has 92 valence electrons. The third kappa shape index (κ3) is 1.98. The van der Waals surface area contributed by atoms with Gasteiger partial charge in [-0.25, -0.2) is 0 Å². The van der Waals surface area contributed by atoms with Crippen LogP contribution in [-0.2, 0) is 11.2 Å². The van der Waals surface area contributed by atoms with Crippen molar-refractivity contribution in [2.75, 3.05) is 26.5 Å². The molecule has 3 rings (SSSR count). The van der Waals surface area contributed by atoms with Crippen LogP contribution in [0.3, 0.4) is 0 Å². The summed E-state index contributed by atoms with van der Waals surface area (Å²) >= 11 is 0. The first kappa shape index (κ1) is 10.9. The second-order valence-electron chi connectivity index (χ2n) is 4.32. The van der Waals surface area contributed by atoms with Gasteiger partial charge in [0.2, 0.25) is 6.79 Å². The molecule has 1 N–H and O–H groups in total. The van der Waals surface area contributed by atoms with E-state index in [-0.39, 0.29) is 6.10 Å². The first-order valence-corrected chi connectivity index (χ1v) is 6.13. The number of aryl methyl sites for hydroxylation is 1. The second kappa shape index (κ2) is 4.55. The molecular weight excluding hydrogens is 218 g/mol. The summed E-state index contributed by atoms with van der Waals surface area (Å²) in [6.45, 7) is 5.04. The zero-order chi connectivity index (χ0) is 11.7. The molecule has 0 aliphatic carbocycles. The topological polar surface area (TPSA) is 39.7 Å². The summed E-state index contributed by atoms with van der Waals surface area (Å²) in [4.78, 5) is 0.